The van der Waals surface area contributed by atoms with Gasteiger partial charge in [0.15, 0.2) is 17.5 Å². The normalized spacial score (nSPS) is 11.8. The minimum absolute atomic E-state index is 0.588. The number of fused-ring (bicyclic) bond motifs is 9. The van der Waals surface area contributed by atoms with Crippen molar-refractivity contribution in [1.82, 2.24) is 15.0 Å². The van der Waals surface area contributed by atoms with Crippen molar-refractivity contribution in [3.8, 4) is 45.3 Å². The van der Waals surface area contributed by atoms with Crippen LogP contribution in [0.1, 0.15) is 0 Å². The lowest BCUT2D eigenvalue weighted by Gasteiger charge is -2.13. The van der Waals surface area contributed by atoms with E-state index in [0.29, 0.717) is 17.5 Å². The minimum atomic E-state index is 0.588. The van der Waals surface area contributed by atoms with E-state index in [-0.39, 0.29) is 0 Å². The number of nitrogens with zero attached hydrogens (tertiary/aromatic N) is 3. The largest absolute Gasteiger partial charge is 0.456 e. The van der Waals surface area contributed by atoms with Crippen LogP contribution < -0.4 is 0 Å². The van der Waals surface area contributed by atoms with Gasteiger partial charge in [-0.05, 0) is 63.7 Å². The SMILES string of the molecule is c1ccc(-c2nc(-c3ccc4ccccc4c3)nc(-c3cc4cccc(-c5ccc6c(c5)oc5ccccc56)c4c4oc5ccccc5c34)n2)cc1. The van der Waals surface area contributed by atoms with Gasteiger partial charge in [-0.1, -0.05) is 127 Å². The van der Waals surface area contributed by atoms with Gasteiger partial charge in [-0.15, -0.1) is 0 Å². The Balaban J connectivity index is 1.19. The van der Waals surface area contributed by atoms with E-state index in [2.05, 4.69) is 103 Å². The van der Waals surface area contributed by atoms with Gasteiger partial charge < -0.3 is 8.83 Å². The lowest BCUT2D eigenvalue weighted by atomic mass is 9.93. The molecule has 0 aliphatic carbocycles. The second-order valence-electron chi connectivity index (χ2n) is 13.2. The summed E-state index contributed by atoms with van der Waals surface area (Å²) in [6, 6.07) is 56.3. The molecule has 5 nitrogen and oxygen atoms in total. The molecule has 0 N–H and O–H groups in total. The molecular formula is C47H27N3O2. The molecule has 0 saturated heterocycles. The first-order valence-electron chi connectivity index (χ1n) is 17.3. The fourth-order valence-corrected chi connectivity index (χ4v) is 7.64. The van der Waals surface area contributed by atoms with E-state index in [1.165, 1.54) is 5.39 Å². The topological polar surface area (TPSA) is 65.0 Å². The van der Waals surface area contributed by atoms with Crippen LogP contribution in [0.4, 0.5) is 0 Å². The monoisotopic (exact) mass is 665 g/mol. The highest BCUT2D eigenvalue weighted by Gasteiger charge is 2.22. The fraction of sp³-hybridized carbons (Fsp3) is 0. The van der Waals surface area contributed by atoms with Crippen LogP contribution in [0, 0.1) is 0 Å². The molecule has 0 saturated carbocycles. The molecular weight excluding hydrogens is 639 g/mol. The summed E-state index contributed by atoms with van der Waals surface area (Å²) < 4.78 is 13.1. The highest BCUT2D eigenvalue weighted by molar-refractivity contribution is 6.24. The summed E-state index contributed by atoms with van der Waals surface area (Å²) >= 11 is 0. The first-order chi connectivity index (χ1) is 25.7. The molecule has 0 atom stereocenters. The quantitative estimate of drug-likeness (QED) is 0.187. The first kappa shape index (κ1) is 28.7. The molecule has 0 spiro atoms. The second-order valence-corrected chi connectivity index (χ2v) is 13.2. The van der Waals surface area contributed by atoms with Crippen LogP contribution in [-0.2, 0) is 0 Å². The third-order valence-electron chi connectivity index (χ3n) is 10.1. The molecule has 0 fully saturated rings. The molecule has 242 valence electrons. The van der Waals surface area contributed by atoms with Crippen molar-refractivity contribution in [3.63, 3.8) is 0 Å². The molecule has 0 bridgehead atoms. The summed E-state index contributed by atoms with van der Waals surface area (Å²) in [4.78, 5) is 15.4. The number of benzene rings is 8. The lowest BCUT2D eigenvalue weighted by molar-refractivity contribution is 0.669. The molecule has 11 rings (SSSR count). The van der Waals surface area contributed by atoms with Crippen LogP contribution in [0.5, 0.6) is 0 Å². The van der Waals surface area contributed by atoms with E-state index in [0.717, 1.165) is 87.9 Å². The van der Waals surface area contributed by atoms with Crippen molar-refractivity contribution >= 4 is 65.4 Å². The van der Waals surface area contributed by atoms with Crippen molar-refractivity contribution in [2.45, 2.75) is 0 Å². The van der Waals surface area contributed by atoms with Crippen LogP contribution in [0.2, 0.25) is 0 Å². The summed E-state index contributed by atoms with van der Waals surface area (Å²) in [6.45, 7) is 0. The summed E-state index contributed by atoms with van der Waals surface area (Å²) in [5, 5.41) is 8.54. The van der Waals surface area contributed by atoms with Crippen LogP contribution in [-0.4, -0.2) is 15.0 Å². The standard InChI is InChI=1S/C47H27N3O2/c1-2-12-29(13-3-1)45-48-46(33-22-21-28-11-4-5-14-30(28)25-33)50-47(49-45)38-26-32-15-10-18-34(42(32)44-43(38)37-17-7-9-20-40(37)52-44)31-23-24-36-35-16-6-8-19-39(35)51-41(36)27-31/h1-27H. The van der Waals surface area contributed by atoms with Gasteiger partial charge in [-0.25, -0.2) is 15.0 Å². The zero-order valence-electron chi connectivity index (χ0n) is 27.7. The lowest BCUT2D eigenvalue weighted by Crippen LogP contribution is -2.00. The highest BCUT2D eigenvalue weighted by atomic mass is 16.3. The molecule has 3 aromatic heterocycles. The molecule has 0 aliphatic heterocycles. The molecule has 52 heavy (non-hydrogen) atoms. The summed E-state index contributed by atoms with van der Waals surface area (Å²) in [7, 11) is 0. The van der Waals surface area contributed by atoms with Crippen LogP contribution in [0.15, 0.2) is 173 Å². The van der Waals surface area contributed by atoms with Crippen LogP contribution in [0.25, 0.3) is 111 Å². The average Bonchev–Trinajstić information content (AvgIpc) is 3.79. The number of hydrogen-bond acceptors (Lipinski definition) is 5. The molecule has 3 heterocycles. The molecule has 5 heteroatoms. The summed E-state index contributed by atoms with van der Waals surface area (Å²) in [6.07, 6.45) is 0. The van der Waals surface area contributed by atoms with Crippen LogP contribution in [0.3, 0.4) is 0 Å². The fourth-order valence-electron chi connectivity index (χ4n) is 7.64. The predicted molar refractivity (Wildman–Crippen MR) is 211 cm³/mol. The average molecular weight is 666 g/mol. The third kappa shape index (κ3) is 4.46. The van der Waals surface area contributed by atoms with E-state index in [1.807, 2.05) is 60.7 Å². The van der Waals surface area contributed by atoms with Gasteiger partial charge in [0.25, 0.3) is 0 Å². The first-order valence-corrected chi connectivity index (χ1v) is 17.3. The van der Waals surface area contributed by atoms with E-state index in [1.54, 1.807) is 0 Å². The van der Waals surface area contributed by atoms with Gasteiger partial charge in [0.1, 0.15) is 22.3 Å². The Hall–Kier alpha value is -7.11. The van der Waals surface area contributed by atoms with E-state index >= 15 is 0 Å². The Morgan fingerprint density at radius 3 is 1.85 bits per heavy atom. The van der Waals surface area contributed by atoms with Gasteiger partial charge in [0.2, 0.25) is 0 Å². The van der Waals surface area contributed by atoms with E-state index < -0.39 is 0 Å². The van der Waals surface area contributed by atoms with Crippen molar-refractivity contribution in [3.05, 3.63) is 164 Å². The maximum absolute atomic E-state index is 6.81. The van der Waals surface area contributed by atoms with Gasteiger partial charge in [0.05, 0.1) is 0 Å². The van der Waals surface area contributed by atoms with Gasteiger partial charge in [-0.2, -0.15) is 0 Å². The maximum Gasteiger partial charge on any atom is 0.164 e. The minimum Gasteiger partial charge on any atom is -0.456 e. The van der Waals surface area contributed by atoms with Crippen LogP contribution >= 0.6 is 0 Å². The number of rotatable bonds is 4. The Labute approximate surface area is 297 Å². The molecule has 8 aromatic carbocycles. The van der Waals surface area contributed by atoms with Crippen molar-refractivity contribution in [2.24, 2.45) is 0 Å². The third-order valence-corrected chi connectivity index (χ3v) is 10.1. The Morgan fingerprint density at radius 2 is 0.981 bits per heavy atom. The summed E-state index contributed by atoms with van der Waals surface area (Å²) in [5.41, 5.74) is 8.19. The molecule has 11 aromatic rings. The molecule has 0 aliphatic rings. The van der Waals surface area contributed by atoms with Crippen molar-refractivity contribution < 1.29 is 8.83 Å². The van der Waals surface area contributed by atoms with Gasteiger partial charge >= 0.3 is 0 Å². The zero-order valence-corrected chi connectivity index (χ0v) is 27.7. The molecule has 0 unspecified atom stereocenters. The Bertz CT molecular complexity index is 3190. The highest BCUT2D eigenvalue weighted by Crippen LogP contribution is 2.44. The van der Waals surface area contributed by atoms with Gasteiger partial charge in [-0.3, -0.25) is 0 Å². The van der Waals surface area contributed by atoms with E-state index in [9.17, 15) is 0 Å². The number of furan rings is 2. The number of aromatic nitrogens is 3. The second kappa shape index (κ2) is 11.2. The summed E-state index contributed by atoms with van der Waals surface area (Å²) in [5.74, 6) is 1.82. The smallest absolute Gasteiger partial charge is 0.164 e. The van der Waals surface area contributed by atoms with Crippen molar-refractivity contribution in [1.29, 1.82) is 0 Å². The number of para-hydroxylation sites is 2. The van der Waals surface area contributed by atoms with Crippen molar-refractivity contribution in [2.75, 3.05) is 0 Å². The van der Waals surface area contributed by atoms with Gasteiger partial charge in [0, 0.05) is 43.6 Å². The molecule has 0 radical (unpaired) electrons. The maximum atomic E-state index is 6.81. The Kier molecular flexibility index (Phi) is 6.18. The predicted octanol–water partition coefficient (Wildman–Crippen LogP) is 12.6. The number of hydrogen-bond donors (Lipinski definition) is 0. The van der Waals surface area contributed by atoms with E-state index in [4.69, 9.17) is 23.8 Å². The zero-order chi connectivity index (χ0) is 34.2. The molecule has 0 amide bonds. The Morgan fingerprint density at radius 1 is 0.327 bits per heavy atom.